The summed E-state index contributed by atoms with van der Waals surface area (Å²) in [5, 5.41) is 52.0. The fourth-order valence-corrected chi connectivity index (χ4v) is 12.8. The lowest BCUT2D eigenvalue weighted by molar-refractivity contribution is -0.330. The molecule has 43 heavy (non-hydrogen) atoms. The van der Waals surface area contributed by atoms with Crippen molar-refractivity contribution in [3.05, 3.63) is 11.6 Å². The molecule has 0 aromatic rings. The van der Waals surface area contributed by atoms with Crippen LogP contribution in [0.1, 0.15) is 113 Å². The highest BCUT2D eigenvalue weighted by atomic mass is 16.7. The first kappa shape index (κ1) is 32.4. The summed E-state index contributed by atoms with van der Waals surface area (Å²) in [5.74, 6) is 1.49. The molecule has 0 radical (unpaired) electrons. The van der Waals surface area contributed by atoms with Crippen LogP contribution in [0.15, 0.2) is 11.6 Å². The molecule has 0 bridgehead atoms. The van der Waals surface area contributed by atoms with Crippen molar-refractivity contribution < 1.29 is 35.0 Å². The number of hydrogen-bond acceptors (Lipinski definition) is 7. The lowest BCUT2D eigenvalue weighted by Crippen LogP contribution is -2.66. The molecule has 6 aliphatic rings. The number of allylic oxidation sites excluding steroid dienone is 2. The van der Waals surface area contributed by atoms with Crippen molar-refractivity contribution >= 4 is 0 Å². The van der Waals surface area contributed by atoms with Crippen molar-refractivity contribution in [1.29, 1.82) is 0 Å². The summed E-state index contributed by atoms with van der Waals surface area (Å²) in [6, 6.07) is 0. The Balaban J connectivity index is 1.28. The molecule has 1 aliphatic heterocycles. The normalized spacial score (nSPS) is 55.7. The molecule has 246 valence electrons. The van der Waals surface area contributed by atoms with Crippen LogP contribution in [-0.4, -0.2) is 75.1 Å². The van der Waals surface area contributed by atoms with Gasteiger partial charge in [-0.25, -0.2) is 0 Å². The van der Waals surface area contributed by atoms with Crippen LogP contribution in [0.4, 0.5) is 0 Å². The molecule has 0 amide bonds. The van der Waals surface area contributed by atoms with Crippen molar-refractivity contribution in [2.45, 2.75) is 156 Å². The van der Waals surface area contributed by atoms with Crippen LogP contribution in [0.2, 0.25) is 0 Å². The van der Waals surface area contributed by atoms with Gasteiger partial charge in [0.2, 0.25) is 0 Å². The van der Waals surface area contributed by atoms with E-state index >= 15 is 0 Å². The third kappa shape index (κ3) is 4.24. The molecule has 6 rings (SSSR count). The van der Waals surface area contributed by atoms with Crippen LogP contribution in [-0.2, 0) is 9.47 Å². The fraction of sp³-hybridized carbons (Fsp3) is 0.944. The Kier molecular flexibility index (Phi) is 7.71. The van der Waals surface area contributed by atoms with E-state index in [0.717, 1.165) is 38.5 Å². The Morgan fingerprint density at radius 1 is 0.744 bits per heavy atom. The minimum Gasteiger partial charge on any atom is -0.394 e. The van der Waals surface area contributed by atoms with Gasteiger partial charge in [-0.2, -0.15) is 0 Å². The molecule has 4 saturated carbocycles. The molecule has 5 N–H and O–H groups in total. The zero-order valence-electron chi connectivity index (χ0n) is 28.0. The van der Waals surface area contributed by atoms with Gasteiger partial charge >= 0.3 is 0 Å². The van der Waals surface area contributed by atoms with E-state index in [4.69, 9.17) is 9.47 Å². The smallest absolute Gasteiger partial charge is 0.186 e. The predicted molar refractivity (Wildman–Crippen MR) is 165 cm³/mol. The van der Waals surface area contributed by atoms with Crippen LogP contribution in [0.5, 0.6) is 0 Å². The Hall–Kier alpha value is -0.540. The summed E-state index contributed by atoms with van der Waals surface area (Å²) in [6.45, 7) is 19.0. The summed E-state index contributed by atoms with van der Waals surface area (Å²) in [4.78, 5) is 0. The molecular formula is C36H60O7. The second kappa shape index (κ2) is 10.2. The van der Waals surface area contributed by atoms with E-state index in [1.54, 1.807) is 5.57 Å². The first-order chi connectivity index (χ1) is 19.9. The molecule has 1 heterocycles. The molecule has 0 unspecified atom stereocenters. The molecule has 1 saturated heterocycles. The van der Waals surface area contributed by atoms with Gasteiger partial charge in [0, 0.05) is 0 Å². The minimum atomic E-state index is -1.43. The Bertz CT molecular complexity index is 1120. The maximum Gasteiger partial charge on any atom is 0.186 e. The van der Waals surface area contributed by atoms with E-state index in [0.29, 0.717) is 17.8 Å². The maximum atomic E-state index is 11.0. The number of fused-ring (bicyclic) bond motifs is 7. The van der Waals surface area contributed by atoms with Crippen molar-refractivity contribution in [2.24, 2.45) is 50.2 Å². The number of aliphatic hydroxyl groups is 5. The number of aliphatic hydroxyl groups excluding tert-OH is 5. The van der Waals surface area contributed by atoms with Crippen LogP contribution in [0, 0.1) is 50.2 Å². The van der Waals surface area contributed by atoms with Gasteiger partial charge in [-0.15, -0.1) is 0 Å². The number of ether oxygens (including phenoxy) is 2. The zero-order chi connectivity index (χ0) is 31.5. The van der Waals surface area contributed by atoms with Crippen molar-refractivity contribution in [2.75, 3.05) is 6.61 Å². The van der Waals surface area contributed by atoms with Crippen molar-refractivity contribution in [3.8, 4) is 0 Å². The first-order valence-electron chi connectivity index (χ1n) is 17.2. The van der Waals surface area contributed by atoms with Gasteiger partial charge in [-0.05, 0) is 108 Å². The van der Waals surface area contributed by atoms with Gasteiger partial charge in [0.05, 0.1) is 18.8 Å². The number of rotatable bonds is 3. The molecule has 5 fully saturated rings. The molecule has 14 atom stereocenters. The van der Waals surface area contributed by atoms with Crippen molar-refractivity contribution in [1.82, 2.24) is 0 Å². The van der Waals surface area contributed by atoms with E-state index in [-0.39, 0.29) is 44.7 Å². The summed E-state index contributed by atoms with van der Waals surface area (Å²) in [5.41, 5.74) is 2.04. The highest BCUT2D eigenvalue weighted by Crippen LogP contribution is 2.76. The predicted octanol–water partition coefficient (Wildman–Crippen LogP) is 4.96. The van der Waals surface area contributed by atoms with Gasteiger partial charge in [0.25, 0.3) is 0 Å². The third-order valence-electron chi connectivity index (χ3n) is 15.6. The standard InChI is InChI=1S/C36H60O7/c1-31(2)21-11-17-35(7)23(33(21,5)15-13-25(31)38)9-10-24-34(6)16-14-26(32(3,4)22(34)12-18-36(24,35)8)43-30-29(41)28(40)27(39)20(19-37)42-30/h9,20-22,24-30,37-41H,10-19H2,1-8H3/t20-,21+,22+,24-,25-,26+,27-,28+,29-,30+,33+,34+,35-,36-/m1/s1. The highest BCUT2D eigenvalue weighted by Gasteiger charge is 2.69. The molecule has 7 heteroatoms. The van der Waals surface area contributed by atoms with Crippen molar-refractivity contribution in [3.63, 3.8) is 0 Å². The molecule has 0 spiro atoms. The lowest BCUT2D eigenvalue weighted by atomic mass is 9.32. The monoisotopic (exact) mass is 604 g/mol. The minimum absolute atomic E-state index is 0.0695. The van der Waals surface area contributed by atoms with Gasteiger partial charge in [-0.3, -0.25) is 0 Å². The molecule has 7 nitrogen and oxygen atoms in total. The van der Waals surface area contributed by atoms with Crippen LogP contribution >= 0.6 is 0 Å². The van der Waals surface area contributed by atoms with E-state index < -0.39 is 37.3 Å². The second-order valence-corrected chi connectivity index (χ2v) is 17.8. The fourth-order valence-electron chi connectivity index (χ4n) is 12.8. The van der Waals surface area contributed by atoms with Gasteiger partial charge in [0.1, 0.15) is 24.4 Å². The Labute approximate surface area is 259 Å². The van der Waals surface area contributed by atoms with Gasteiger partial charge in [0.15, 0.2) is 6.29 Å². The largest absolute Gasteiger partial charge is 0.394 e. The second-order valence-electron chi connectivity index (χ2n) is 17.8. The molecular weight excluding hydrogens is 544 g/mol. The van der Waals surface area contributed by atoms with Crippen LogP contribution < -0.4 is 0 Å². The SMILES string of the molecule is CC1(C)[C@@H](O[C@@H]2O[C@H](CO)[C@@H](O)[C@H](O)[C@H]2O)CC[C@]2(C)[C@H]3CC=C4[C@@]5(C)CC[C@@H](O)C(C)(C)[C@@H]5CC[C@@]4(C)[C@]3(C)CC[C@@H]12. The average Bonchev–Trinajstić information content (AvgIpc) is 2.93. The zero-order valence-corrected chi connectivity index (χ0v) is 28.0. The first-order valence-corrected chi connectivity index (χ1v) is 17.2. The third-order valence-corrected chi connectivity index (χ3v) is 15.6. The quantitative estimate of drug-likeness (QED) is 0.228. The number of hydrogen-bond donors (Lipinski definition) is 5. The highest BCUT2D eigenvalue weighted by molar-refractivity contribution is 5.36. The van der Waals surface area contributed by atoms with E-state index in [1.807, 2.05) is 0 Å². The molecule has 0 aromatic heterocycles. The van der Waals surface area contributed by atoms with Gasteiger partial charge < -0.3 is 35.0 Å². The molecule has 5 aliphatic carbocycles. The van der Waals surface area contributed by atoms with E-state index in [1.165, 1.54) is 19.3 Å². The summed E-state index contributed by atoms with van der Waals surface area (Å²) < 4.78 is 12.3. The van der Waals surface area contributed by atoms with Gasteiger partial charge in [-0.1, -0.05) is 67.0 Å². The van der Waals surface area contributed by atoms with E-state index in [9.17, 15) is 25.5 Å². The van der Waals surface area contributed by atoms with Crippen LogP contribution in [0.3, 0.4) is 0 Å². The van der Waals surface area contributed by atoms with Crippen LogP contribution in [0.25, 0.3) is 0 Å². The maximum absolute atomic E-state index is 11.0. The topological polar surface area (TPSA) is 120 Å². The summed E-state index contributed by atoms with van der Waals surface area (Å²) in [6.07, 6.45) is 5.63. The summed E-state index contributed by atoms with van der Waals surface area (Å²) >= 11 is 0. The average molecular weight is 605 g/mol. The van der Waals surface area contributed by atoms with E-state index in [2.05, 4.69) is 61.5 Å². The molecule has 0 aromatic carbocycles. The Morgan fingerprint density at radius 2 is 1.42 bits per heavy atom. The lowest BCUT2D eigenvalue weighted by Gasteiger charge is -2.72. The summed E-state index contributed by atoms with van der Waals surface area (Å²) in [7, 11) is 0. The Morgan fingerprint density at radius 3 is 2.09 bits per heavy atom.